The fourth-order valence-corrected chi connectivity index (χ4v) is 6.29. The summed E-state index contributed by atoms with van der Waals surface area (Å²) in [5.74, 6) is -0.498. The van der Waals surface area contributed by atoms with Crippen molar-refractivity contribution in [1.29, 1.82) is 0 Å². The zero-order valence-electron chi connectivity index (χ0n) is 26.3. The number of aromatic nitrogens is 5. The molecule has 47 heavy (non-hydrogen) atoms. The van der Waals surface area contributed by atoms with Gasteiger partial charge in [-0.15, -0.1) is 11.3 Å². The van der Waals surface area contributed by atoms with Crippen molar-refractivity contribution in [3.63, 3.8) is 0 Å². The van der Waals surface area contributed by atoms with Crippen LogP contribution in [0, 0.1) is 6.92 Å². The molecule has 0 saturated carbocycles. The lowest BCUT2D eigenvalue weighted by atomic mass is 10.1. The molecular formula is C32H32N8O6S. The molecule has 6 rings (SSSR count). The maximum absolute atomic E-state index is 13.6. The summed E-state index contributed by atoms with van der Waals surface area (Å²) in [6.45, 7) is 9.30. The van der Waals surface area contributed by atoms with E-state index in [2.05, 4.69) is 36.1 Å². The minimum Gasteiger partial charge on any atom is -0.444 e. The summed E-state index contributed by atoms with van der Waals surface area (Å²) in [5, 5.41) is 12.9. The van der Waals surface area contributed by atoms with Gasteiger partial charge in [-0.1, -0.05) is 18.1 Å². The van der Waals surface area contributed by atoms with Crippen LogP contribution in [0.5, 0.6) is 0 Å². The second kappa shape index (κ2) is 12.4. The molecule has 15 heteroatoms. The highest BCUT2D eigenvalue weighted by molar-refractivity contribution is 7.19. The third kappa shape index (κ3) is 6.74. The molecule has 0 fully saturated rings. The van der Waals surface area contributed by atoms with Crippen molar-refractivity contribution < 1.29 is 23.6 Å². The number of carbonyl (C=O) groups is 3. The number of pyridine rings is 2. The van der Waals surface area contributed by atoms with Crippen LogP contribution in [0.3, 0.4) is 0 Å². The van der Waals surface area contributed by atoms with Crippen LogP contribution in [0.15, 0.2) is 58.2 Å². The predicted octanol–water partition coefficient (Wildman–Crippen LogP) is 5.18. The van der Waals surface area contributed by atoms with Crippen LogP contribution in [-0.4, -0.2) is 48.2 Å². The Hall–Kier alpha value is -5.44. The first-order valence-electron chi connectivity index (χ1n) is 14.8. The normalized spacial score (nSPS) is 15.7. The van der Waals surface area contributed by atoms with E-state index in [-0.39, 0.29) is 29.8 Å². The molecule has 2 atom stereocenters. The Labute approximate surface area is 272 Å². The number of fused-ring (bicyclic) bond motifs is 2. The predicted molar refractivity (Wildman–Crippen MR) is 174 cm³/mol. The van der Waals surface area contributed by atoms with Gasteiger partial charge < -0.3 is 19.9 Å². The van der Waals surface area contributed by atoms with Gasteiger partial charge in [0.25, 0.3) is 11.5 Å². The number of anilines is 2. The number of ether oxygens (including phenoxy) is 1. The molecular weight excluding hydrogens is 624 g/mol. The number of hydrogen-bond donors (Lipinski definition) is 3. The van der Waals surface area contributed by atoms with Crippen molar-refractivity contribution >= 4 is 50.8 Å². The quantitative estimate of drug-likeness (QED) is 0.211. The molecule has 5 aromatic heterocycles. The molecule has 3 amide bonds. The van der Waals surface area contributed by atoms with E-state index in [4.69, 9.17) is 9.26 Å². The lowest BCUT2D eigenvalue weighted by Gasteiger charge is -2.19. The Morgan fingerprint density at radius 2 is 1.91 bits per heavy atom. The number of aryl methyl sites for hydroxylation is 1. The first-order valence-corrected chi connectivity index (χ1v) is 15.7. The number of nitrogens with one attached hydrogen (secondary N) is 3. The number of nitrogens with zero attached hydrogens (tertiary/aromatic N) is 5. The van der Waals surface area contributed by atoms with E-state index in [1.807, 2.05) is 26.0 Å². The molecule has 0 saturated heterocycles. The van der Waals surface area contributed by atoms with Crippen molar-refractivity contribution in [3.8, 4) is 11.4 Å². The largest absolute Gasteiger partial charge is 0.444 e. The van der Waals surface area contributed by atoms with Crippen LogP contribution < -0.4 is 21.5 Å². The molecule has 14 nitrogen and oxygen atoms in total. The lowest BCUT2D eigenvalue weighted by molar-refractivity contribution is -0.124. The van der Waals surface area contributed by atoms with Crippen molar-refractivity contribution in [2.45, 2.75) is 65.1 Å². The highest BCUT2D eigenvalue weighted by Gasteiger charge is 2.36. The van der Waals surface area contributed by atoms with Crippen LogP contribution in [-0.2, 0) is 16.1 Å². The van der Waals surface area contributed by atoms with Gasteiger partial charge in [-0.3, -0.25) is 29.3 Å². The summed E-state index contributed by atoms with van der Waals surface area (Å²) < 4.78 is 12.7. The van der Waals surface area contributed by atoms with Gasteiger partial charge in [0.15, 0.2) is 0 Å². The number of rotatable bonds is 7. The van der Waals surface area contributed by atoms with Crippen LogP contribution >= 0.6 is 11.3 Å². The van der Waals surface area contributed by atoms with Gasteiger partial charge >= 0.3 is 6.09 Å². The number of hydrogen-bond acceptors (Lipinski definition) is 11. The Kier molecular flexibility index (Phi) is 8.32. The summed E-state index contributed by atoms with van der Waals surface area (Å²) >= 11 is 1.44. The summed E-state index contributed by atoms with van der Waals surface area (Å²) in [7, 11) is 0. The monoisotopic (exact) mass is 656 g/mol. The highest BCUT2D eigenvalue weighted by Crippen LogP contribution is 2.34. The molecule has 1 aliphatic rings. The van der Waals surface area contributed by atoms with Gasteiger partial charge in [-0.25, -0.2) is 14.8 Å². The second-order valence-corrected chi connectivity index (χ2v) is 13.4. The van der Waals surface area contributed by atoms with E-state index >= 15 is 0 Å². The minimum absolute atomic E-state index is 0.0922. The van der Waals surface area contributed by atoms with Crippen LogP contribution in [0.1, 0.15) is 72.9 Å². The average Bonchev–Trinajstić information content (AvgIpc) is 3.74. The fraction of sp³-hybridized carbons (Fsp3) is 0.312. The molecule has 0 aromatic carbocycles. The smallest absolute Gasteiger partial charge is 0.413 e. The first kappa shape index (κ1) is 31.5. The van der Waals surface area contributed by atoms with E-state index < -0.39 is 29.2 Å². The molecule has 0 bridgehead atoms. The van der Waals surface area contributed by atoms with Crippen molar-refractivity contribution in [2.24, 2.45) is 0 Å². The molecule has 0 radical (unpaired) electrons. The van der Waals surface area contributed by atoms with Crippen molar-refractivity contribution in [2.75, 3.05) is 10.6 Å². The first-order chi connectivity index (χ1) is 22.4. The SMILES string of the molecule is Cc1cccnc1-c1cc(C(=O)Nc2cnc3n(c2=O)[C@H](C(=O)NCc2cc4cnc(NC(=O)OC(C)(C)C)cc4s2)C[C@H]3C)on1. The van der Waals surface area contributed by atoms with Crippen molar-refractivity contribution in [1.82, 2.24) is 30.0 Å². The lowest BCUT2D eigenvalue weighted by Crippen LogP contribution is -2.36. The van der Waals surface area contributed by atoms with E-state index in [0.717, 1.165) is 20.5 Å². The van der Waals surface area contributed by atoms with Crippen molar-refractivity contribution in [3.05, 3.63) is 81.3 Å². The topological polar surface area (TPSA) is 183 Å². The van der Waals surface area contributed by atoms with E-state index in [9.17, 15) is 19.2 Å². The molecule has 0 spiro atoms. The van der Waals surface area contributed by atoms with Crippen LogP contribution in [0.4, 0.5) is 16.3 Å². The molecule has 0 aliphatic carbocycles. The Bertz CT molecular complexity index is 2080. The summed E-state index contributed by atoms with van der Waals surface area (Å²) in [4.78, 5) is 65.9. The standard InChI is InChI=1S/C32H32N8O6S/c1-16-7-6-8-33-26(16)20-11-23(46-39-20)29(42)37-21-15-35-27-17(2)9-22(40(27)30(21)43)28(41)36-14-19-10-18-13-34-25(12-24(18)47-19)38-31(44)45-32(3,4)5/h6-8,10-13,15,17,22H,9,14H2,1-5H3,(H,36,41)(H,37,42)(H,34,38,44)/t17-,22+/m1/s1. The van der Waals surface area contributed by atoms with Gasteiger partial charge in [-0.2, -0.15) is 0 Å². The highest BCUT2D eigenvalue weighted by atomic mass is 32.1. The van der Waals surface area contributed by atoms with E-state index in [1.165, 1.54) is 28.2 Å². The Balaban J connectivity index is 1.13. The zero-order valence-corrected chi connectivity index (χ0v) is 27.1. The maximum atomic E-state index is 13.6. The summed E-state index contributed by atoms with van der Waals surface area (Å²) in [6.07, 6.45) is 4.31. The molecule has 1 aliphatic heterocycles. The number of thiophene rings is 1. The third-order valence-electron chi connectivity index (χ3n) is 7.41. The number of amides is 3. The van der Waals surface area contributed by atoms with Crippen LogP contribution in [0.25, 0.3) is 21.5 Å². The average molecular weight is 657 g/mol. The Morgan fingerprint density at radius 1 is 1.11 bits per heavy atom. The van der Waals surface area contributed by atoms with Gasteiger partial charge in [0.05, 0.1) is 18.4 Å². The molecule has 6 heterocycles. The van der Waals surface area contributed by atoms with Crippen LogP contribution in [0.2, 0.25) is 0 Å². The molecule has 5 aromatic rings. The number of carbonyl (C=O) groups excluding carboxylic acids is 3. The Morgan fingerprint density at radius 3 is 2.68 bits per heavy atom. The van der Waals surface area contributed by atoms with Gasteiger partial charge in [-0.05, 0) is 57.9 Å². The van der Waals surface area contributed by atoms with Gasteiger partial charge in [0.2, 0.25) is 11.7 Å². The van der Waals surface area contributed by atoms with E-state index in [0.29, 0.717) is 29.5 Å². The summed E-state index contributed by atoms with van der Waals surface area (Å²) in [6, 6.07) is 7.93. The molecule has 0 unspecified atom stereocenters. The second-order valence-electron chi connectivity index (χ2n) is 12.2. The summed E-state index contributed by atoms with van der Waals surface area (Å²) in [5.41, 5.74) is 0.536. The van der Waals surface area contributed by atoms with Gasteiger partial charge in [0.1, 0.15) is 34.7 Å². The molecule has 242 valence electrons. The molecule has 3 N–H and O–H groups in total. The van der Waals surface area contributed by atoms with E-state index in [1.54, 1.807) is 45.3 Å². The third-order valence-corrected chi connectivity index (χ3v) is 8.50. The van der Waals surface area contributed by atoms with Gasteiger partial charge in [0, 0.05) is 39.3 Å². The zero-order chi connectivity index (χ0) is 33.5. The fourth-order valence-electron chi connectivity index (χ4n) is 5.28. The minimum atomic E-state index is -0.818. The maximum Gasteiger partial charge on any atom is 0.413 e.